The maximum absolute atomic E-state index is 12.4. The molecule has 5 atom stereocenters. The van der Waals surface area contributed by atoms with Gasteiger partial charge in [-0.2, -0.15) is 8.42 Å². The van der Waals surface area contributed by atoms with Gasteiger partial charge in [-0.15, -0.1) is 39.2 Å². The SMILES string of the molecule is CCOC(=O)N1CC2(CC[C@@H](N3CCN(c4ncccc4OC)CC3)C2)C1.CCOC(=O)N1CC2(CC[C@H](OS(=O)(=O)c3ccc(C)cc3)C2)C1.COc1cccnc1N1CCNCC1.Cl.O=CO[O-].PP(P)P.[H-].[K+].[K+]. The molecule has 28 heteroatoms. The Kier molecular flexibility index (Phi) is 34.4. The number of piperazine rings is 2. The van der Waals surface area contributed by atoms with E-state index in [0.29, 0.717) is 50.6 Å². The molecule has 6 aliphatic rings. The summed E-state index contributed by atoms with van der Waals surface area (Å²) in [4.78, 5) is 54.5. The first-order chi connectivity index (χ1) is 35.0. The van der Waals surface area contributed by atoms with E-state index in [1.165, 1.54) is 19.3 Å². The zero-order valence-corrected chi connectivity index (χ0v) is 57.4. The number of nitrogens with one attached hydrogen (secondary N) is 1. The standard InChI is InChI=1S/C20H30N4O3.C17H23NO5S.C10H15N3O.CH2O3.ClH.2K.H6P4.H/c1-3-27-19(25)24-14-20(15-24)7-6-16(13-20)22-9-11-23(12-10-22)18-17(26-2)5-4-8-21-18;1-3-22-16(19)18-11-17(12-18)9-8-14(10-17)23-24(20,21)15-6-4-13(2)5-7-15;1-14-9-3-2-4-12-10(9)13-7-5-11-6-8-13;2-1-4-3;;;;1-4(2)3;/h4-5,8,16H,3,6-7,9-15H2,1-2H3;4-7,14H,3,8-12H2,1-2H3;2-4,11H,5-8H2,1H3;1,3H;1H;;;1-3H2;/q;;;;;2*+1;;-1/p-1/t16-;14-;;;;;;;/m10......./s1. The molecule has 6 heterocycles. The average Bonchev–Trinajstić information content (AvgIpc) is 4.02. The van der Waals surface area contributed by atoms with Crippen molar-refractivity contribution in [2.45, 2.75) is 76.3 Å². The van der Waals surface area contributed by atoms with Crippen LogP contribution in [0.4, 0.5) is 21.2 Å². The van der Waals surface area contributed by atoms with Crippen molar-refractivity contribution in [2.24, 2.45) is 10.8 Å². The monoisotopic (exact) mass is 1230 g/mol. The molecular weight excluding hydrogens is 1150 g/mol. The van der Waals surface area contributed by atoms with E-state index in [-0.39, 0.29) is 159 Å². The number of pyridine rings is 2. The van der Waals surface area contributed by atoms with E-state index in [4.69, 9.17) is 33.2 Å². The molecule has 2 amide bonds. The minimum atomic E-state index is -3.74. The summed E-state index contributed by atoms with van der Waals surface area (Å²) in [6, 6.07) is 15.0. The van der Waals surface area contributed by atoms with Crippen molar-refractivity contribution in [1.82, 2.24) is 30.0 Å². The third-order valence-corrected chi connectivity index (χ3v) is 15.0. The van der Waals surface area contributed by atoms with E-state index in [1.807, 2.05) is 49.2 Å². The van der Waals surface area contributed by atoms with Crippen LogP contribution in [0.1, 0.15) is 59.4 Å². The summed E-state index contributed by atoms with van der Waals surface area (Å²) in [6.45, 7) is 17.4. The van der Waals surface area contributed by atoms with Gasteiger partial charge in [-0.25, -0.2) is 19.6 Å². The number of aryl methyl sites for hydroxylation is 1. The number of anilines is 2. The quantitative estimate of drug-likeness (QED) is 0.0680. The zero-order valence-electron chi connectivity index (χ0n) is 46.2. The number of halogens is 1. The molecular formula is C48H77ClK2N8O12P4S. The van der Waals surface area contributed by atoms with Crippen molar-refractivity contribution in [1.29, 1.82) is 0 Å². The molecule has 4 aliphatic heterocycles. The Morgan fingerprint density at radius 3 is 1.67 bits per heavy atom. The van der Waals surface area contributed by atoms with Gasteiger partial charge in [0.2, 0.25) is 0 Å². The summed E-state index contributed by atoms with van der Waals surface area (Å²) in [5, 5.41) is 11.7. The Bertz CT molecular complexity index is 2310. The fourth-order valence-corrected chi connectivity index (χ4v) is 11.3. The van der Waals surface area contributed by atoms with Gasteiger partial charge in [-0.3, -0.25) is 13.9 Å². The maximum atomic E-state index is 12.4. The molecule has 0 bridgehead atoms. The summed E-state index contributed by atoms with van der Waals surface area (Å²) >= 11 is 0. The van der Waals surface area contributed by atoms with E-state index in [9.17, 15) is 18.0 Å². The molecule has 3 unspecified atom stereocenters. The van der Waals surface area contributed by atoms with Crippen LogP contribution in [0, 0.1) is 17.8 Å². The van der Waals surface area contributed by atoms with Crippen LogP contribution < -0.4 is 133 Å². The molecule has 1 N–H and O–H groups in total. The first-order valence-electron chi connectivity index (χ1n) is 24.6. The van der Waals surface area contributed by atoms with E-state index < -0.39 is 10.1 Å². The number of rotatable bonds is 11. The molecule has 2 spiro atoms. The van der Waals surface area contributed by atoms with E-state index in [2.05, 4.69) is 61.7 Å². The predicted octanol–water partition coefficient (Wildman–Crippen LogP) is 0.250. The number of hydrogen-bond acceptors (Lipinski definition) is 18. The number of nitrogens with zero attached hydrogens (tertiary/aromatic N) is 7. The topological polar surface area (TPSA) is 218 Å². The maximum Gasteiger partial charge on any atom is 1.00 e. The second-order valence-electron chi connectivity index (χ2n) is 18.7. The molecule has 2 saturated carbocycles. The van der Waals surface area contributed by atoms with Crippen LogP contribution in [0.25, 0.3) is 0 Å². The Morgan fingerprint density at radius 1 is 0.776 bits per heavy atom. The third kappa shape index (κ3) is 21.8. The summed E-state index contributed by atoms with van der Waals surface area (Å²) in [5.41, 5.74) is 1.32. The summed E-state index contributed by atoms with van der Waals surface area (Å²) in [5.74, 6) is 3.61. The first-order valence-corrected chi connectivity index (χ1v) is 32.2. The number of methoxy groups -OCH3 is 2. The second kappa shape index (κ2) is 36.4. The van der Waals surface area contributed by atoms with Gasteiger partial charge >= 0.3 is 115 Å². The van der Waals surface area contributed by atoms with Gasteiger partial charge in [0.1, 0.15) is 0 Å². The molecule has 20 nitrogen and oxygen atoms in total. The van der Waals surface area contributed by atoms with Crippen molar-refractivity contribution < 1.29 is 160 Å². The number of amides is 2. The molecule has 76 heavy (non-hydrogen) atoms. The van der Waals surface area contributed by atoms with Gasteiger partial charge in [0.05, 0.1) is 38.4 Å². The van der Waals surface area contributed by atoms with Gasteiger partial charge in [0, 0.05) is 108 Å². The number of benzene rings is 1. The van der Waals surface area contributed by atoms with E-state index in [1.54, 1.807) is 56.5 Å². The smallest absolute Gasteiger partial charge is 1.00 e. The molecule has 416 valence electrons. The number of aromatic nitrogens is 2. The second-order valence-corrected chi connectivity index (χ2v) is 31.9. The van der Waals surface area contributed by atoms with Gasteiger partial charge < -0.3 is 55.4 Å². The zero-order chi connectivity index (χ0) is 53.0. The van der Waals surface area contributed by atoms with Crippen LogP contribution in [0.15, 0.2) is 65.8 Å². The molecule has 2 aromatic heterocycles. The Hall–Kier alpha value is -0.197. The van der Waals surface area contributed by atoms with E-state index >= 15 is 0 Å². The molecule has 2 aliphatic carbocycles. The molecule has 9 rings (SSSR count). The minimum absolute atomic E-state index is 0. The third-order valence-electron chi connectivity index (χ3n) is 13.6. The molecule has 3 aromatic rings. The van der Waals surface area contributed by atoms with Gasteiger partial charge in [0.15, 0.2) is 23.1 Å². The van der Waals surface area contributed by atoms with Crippen LogP contribution >= 0.6 is 46.2 Å². The van der Waals surface area contributed by atoms with Crippen molar-refractivity contribution in [3.8, 4) is 11.5 Å². The average molecular weight is 1230 g/mol. The number of ether oxygens (including phenoxy) is 4. The molecule has 0 radical (unpaired) electrons. The first kappa shape index (κ1) is 71.9. The van der Waals surface area contributed by atoms with Crippen LogP contribution in [0.3, 0.4) is 0 Å². The normalized spacial score (nSPS) is 19.7. The van der Waals surface area contributed by atoms with Gasteiger partial charge in [-0.1, -0.05) is 17.7 Å². The van der Waals surface area contributed by atoms with Crippen molar-refractivity contribution in [2.75, 3.05) is 116 Å². The fraction of sp³-hybridized carbons (Fsp3) is 0.604. The fourth-order valence-electron chi connectivity index (χ4n) is 10.2. The predicted molar refractivity (Wildman–Crippen MR) is 299 cm³/mol. The van der Waals surface area contributed by atoms with Crippen LogP contribution in [-0.4, -0.2) is 170 Å². The van der Waals surface area contributed by atoms with Gasteiger partial charge in [-0.05, 0) is 103 Å². The molecule has 1 aromatic carbocycles. The minimum Gasteiger partial charge on any atom is -1.00 e. The number of hydrogen-bond donors (Lipinski definition) is 1. The van der Waals surface area contributed by atoms with Crippen molar-refractivity contribution >= 4 is 86.6 Å². The Balaban J connectivity index is 0.000000543. The summed E-state index contributed by atoms with van der Waals surface area (Å²) in [6.07, 6.45) is 8.77. The Labute approximate surface area is 550 Å². The summed E-state index contributed by atoms with van der Waals surface area (Å²) in [7, 11) is 7.59. The molecule has 4 saturated heterocycles. The molecule has 6 fully saturated rings. The van der Waals surface area contributed by atoms with Crippen LogP contribution in [0.2, 0.25) is 0 Å². The van der Waals surface area contributed by atoms with E-state index in [0.717, 1.165) is 101 Å². The van der Waals surface area contributed by atoms with Crippen LogP contribution in [0.5, 0.6) is 11.5 Å². The van der Waals surface area contributed by atoms with Crippen molar-refractivity contribution in [3.63, 3.8) is 0 Å². The number of likely N-dealkylation sites (tertiary alicyclic amines) is 2. The number of carbonyl (C=O) groups is 3. The number of carbonyl (C=O) groups excluding carboxylic acids is 3. The van der Waals surface area contributed by atoms with Crippen molar-refractivity contribution in [3.05, 3.63) is 66.5 Å². The largest absolute Gasteiger partial charge is 1.00 e. The van der Waals surface area contributed by atoms with Gasteiger partial charge in [0.25, 0.3) is 16.6 Å². The Morgan fingerprint density at radius 2 is 1.22 bits per heavy atom. The van der Waals surface area contributed by atoms with Crippen LogP contribution in [-0.2, 0) is 33.5 Å². The summed E-state index contributed by atoms with van der Waals surface area (Å²) < 4.78 is 51.0.